The first-order valence-electron chi connectivity index (χ1n) is 14.9. The molecule has 0 bridgehead atoms. The molecule has 0 fully saturated rings. The molecule has 0 heterocycles. The van der Waals surface area contributed by atoms with Crippen molar-refractivity contribution in [3.63, 3.8) is 0 Å². The van der Waals surface area contributed by atoms with Crippen molar-refractivity contribution in [3.05, 3.63) is 95.6 Å². The second-order valence-corrected chi connectivity index (χ2v) is 13.9. The van der Waals surface area contributed by atoms with Crippen molar-refractivity contribution in [2.75, 3.05) is 24.7 Å². The van der Waals surface area contributed by atoms with Gasteiger partial charge in [-0.3, -0.25) is 14.4 Å². The van der Waals surface area contributed by atoms with E-state index in [2.05, 4.69) is 15.4 Å². The molecule has 11 nitrogen and oxygen atoms in total. The number of hydrogen-bond donors (Lipinski definition) is 4. The number of ether oxygens (including phenoxy) is 1. The maximum atomic E-state index is 13.3. The largest absolute Gasteiger partial charge is 0.449 e. The van der Waals surface area contributed by atoms with Crippen LogP contribution in [0.4, 0.5) is 4.79 Å². The van der Waals surface area contributed by atoms with E-state index in [1.165, 1.54) is 6.92 Å². The summed E-state index contributed by atoms with van der Waals surface area (Å²) in [7, 11) is -3.61. The average Bonchev–Trinajstić information content (AvgIpc) is 3.35. The van der Waals surface area contributed by atoms with Crippen LogP contribution in [0.5, 0.6) is 0 Å². The number of hydrogen-bond acceptors (Lipinski definition) is 8. The quantitative estimate of drug-likeness (QED) is 0.169. The topological polar surface area (TPSA) is 174 Å². The SMILES string of the molecule is C[C@H](NC(=O)[C@H](Cc1ccccc1)NC(=O)OCC1c2ccccc2-c2ccccc21)C(=O)SCCNS(=O)(=O)CCCC(N)=O. The molecule has 0 saturated heterocycles. The number of nitrogens with one attached hydrogen (secondary N) is 3. The molecule has 244 valence electrons. The van der Waals surface area contributed by atoms with Gasteiger partial charge in [-0.1, -0.05) is 90.6 Å². The van der Waals surface area contributed by atoms with Crippen molar-refractivity contribution >= 4 is 44.8 Å². The van der Waals surface area contributed by atoms with Crippen LogP contribution in [0, 0.1) is 0 Å². The summed E-state index contributed by atoms with van der Waals surface area (Å²) in [4.78, 5) is 49.9. The number of thioether (sulfide) groups is 1. The maximum Gasteiger partial charge on any atom is 0.407 e. The Hall–Kier alpha value is -4.20. The van der Waals surface area contributed by atoms with Crippen LogP contribution in [0.15, 0.2) is 78.9 Å². The molecule has 0 spiro atoms. The number of alkyl carbamates (subject to hydrolysis) is 1. The summed E-state index contributed by atoms with van der Waals surface area (Å²) in [5.74, 6) is -1.39. The van der Waals surface area contributed by atoms with Gasteiger partial charge in [0, 0.05) is 31.1 Å². The molecule has 4 rings (SSSR count). The summed E-state index contributed by atoms with van der Waals surface area (Å²) < 4.78 is 32.1. The van der Waals surface area contributed by atoms with Crippen molar-refractivity contribution < 1.29 is 32.3 Å². The number of nitrogens with two attached hydrogens (primary N) is 1. The Morgan fingerprint density at radius 1 is 0.891 bits per heavy atom. The van der Waals surface area contributed by atoms with E-state index in [0.717, 1.165) is 39.6 Å². The predicted octanol–water partition coefficient (Wildman–Crippen LogP) is 3.09. The van der Waals surface area contributed by atoms with E-state index in [0.29, 0.717) is 0 Å². The monoisotopic (exact) mass is 666 g/mol. The van der Waals surface area contributed by atoms with Gasteiger partial charge in [0.15, 0.2) is 0 Å². The van der Waals surface area contributed by atoms with Crippen LogP contribution < -0.4 is 21.1 Å². The second-order valence-electron chi connectivity index (χ2n) is 10.9. The number of rotatable bonds is 16. The van der Waals surface area contributed by atoms with Crippen LogP contribution in [0.1, 0.15) is 42.4 Å². The molecular weight excluding hydrogens is 629 g/mol. The Morgan fingerprint density at radius 2 is 1.50 bits per heavy atom. The van der Waals surface area contributed by atoms with Crippen LogP contribution in [0.3, 0.4) is 0 Å². The van der Waals surface area contributed by atoms with Gasteiger partial charge in [-0.15, -0.1) is 0 Å². The zero-order valence-electron chi connectivity index (χ0n) is 25.4. The first-order chi connectivity index (χ1) is 22.0. The highest BCUT2D eigenvalue weighted by Gasteiger charge is 2.30. The Labute approximate surface area is 273 Å². The zero-order valence-corrected chi connectivity index (χ0v) is 27.1. The molecule has 0 aromatic heterocycles. The Bertz CT molecular complexity index is 1600. The lowest BCUT2D eigenvalue weighted by atomic mass is 9.98. The molecule has 3 aromatic carbocycles. The first-order valence-corrected chi connectivity index (χ1v) is 17.6. The summed E-state index contributed by atoms with van der Waals surface area (Å²) in [6.07, 6.45) is -0.516. The molecule has 3 aromatic rings. The number of amides is 3. The molecule has 1 aliphatic rings. The van der Waals surface area contributed by atoms with Gasteiger partial charge in [-0.25, -0.2) is 17.9 Å². The highest BCUT2D eigenvalue weighted by atomic mass is 32.2. The number of sulfonamides is 1. The van der Waals surface area contributed by atoms with Gasteiger partial charge in [0.2, 0.25) is 27.0 Å². The lowest BCUT2D eigenvalue weighted by Crippen LogP contribution is -2.51. The lowest BCUT2D eigenvalue weighted by Gasteiger charge is -2.21. The minimum Gasteiger partial charge on any atom is -0.449 e. The summed E-state index contributed by atoms with van der Waals surface area (Å²) in [6.45, 7) is 1.60. The molecule has 0 radical (unpaired) electrons. The summed E-state index contributed by atoms with van der Waals surface area (Å²) in [6, 6.07) is 23.2. The molecule has 0 saturated carbocycles. The molecule has 46 heavy (non-hydrogen) atoms. The van der Waals surface area contributed by atoms with E-state index in [9.17, 15) is 27.6 Å². The van der Waals surface area contributed by atoms with E-state index in [1.54, 1.807) is 0 Å². The zero-order chi connectivity index (χ0) is 33.1. The molecular formula is C33H38N4O7S2. The molecule has 13 heteroatoms. The van der Waals surface area contributed by atoms with E-state index in [-0.39, 0.29) is 55.0 Å². The van der Waals surface area contributed by atoms with Gasteiger partial charge in [-0.05, 0) is 41.2 Å². The van der Waals surface area contributed by atoms with Gasteiger partial charge in [0.05, 0.1) is 11.8 Å². The standard InChI is InChI=1S/C33H38N4O7S2/c1-22(32(40)45-18-17-35-46(42,43)19-9-16-30(34)38)36-31(39)29(20-23-10-3-2-4-11-23)37-33(41)44-21-28-26-14-7-5-12-24(26)25-13-6-8-15-27(25)28/h2-8,10-15,22,28-29,35H,9,16-21H2,1H3,(H2,34,38)(H,36,39)(H,37,41)/t22-,29-/m0/s1. The summed E-state index contributed by atoms with van der Waals surface area (Å²) >= 11 is 0.870. The van der Waals surface area contributed by atoms with Crippen LogP contribution >= 0.6 is 11.8 Å². The van der Waals surface area contributed by atoms with Crippen molar-refractivity contribution in [2.24, 2.45) is 5.73 Å². The third kappa shape index (κ3) is 9.90. The van der Waals surface area contributed by atoms with E-state index >= 15 is 0 Å². The van der Waals surface area contributed by atoms with Gasteiger partial charge in [0.25, 0.3) is 0 Å². The van der Waals surface area contributed by atoms with Crippen LogP contribution in [-0.2, 0) is 35.6 Å². The fraction of sp³-hybridized carbons (Fsp3) is 0.333. The van der Waals surface area contributed by atoms with Crippen molar-refractivity contribution in [3.8, 4) is 11.1 Å². The molecule has 5 N–H and O–H groups in total. The molecule has 3 amide bonds. The van der Waals surface area contributed by atoms with Gasteiger partial charge < -0.3 is 21.1 Å². The number of carbonyl (C=O) groups excluding carboxylic acids is 4. The van der Waals surface area contributed by atoms with Gasteiger partial charge in [0.1, 0.15) is 12.6 Å². The molecule has 2 atom stereocenters. The number of primary amides is 1. The van der Waals surface area contributed by atoms with Crippen LogP contribution in [0.25, 0.3) is 11.1 Å². The Morgan fingerprint density at radius 3 is 2.13 bits per heavy atom. The predicted molar refractivity (Wildman–Crippen MR) is 177 cm³/mol. The van der Waals surface area contributed by atoms with Gasteiger partial charge >= 0.3 is 6.09 Å². The molecule has 1 aliphatic carbocycles. The Kier molecular flexibility index (Phi) is 12.4. The van der Waals surface area contributed by atoms with Crippen molar-refractivity contribution in [1.82, 2.24) is 15.4 Å². The minimum atomic E-state index is -3.61. The smallest absolute Gasteiger partial charge is 0.407 e. The molecule has 0 unspecified atom stereocenters. The fourth-order valence-electron chi connectivity index (χ4n) is 5.20. The minimum absolute atomic E-state index is 0.00402. The number of carbonyl (C=O) groups is 4. The number of fused-ring (bicyclic) bond motifs is 3. The number of benzene rings is 3. The van der Waals surface area contributed by atoms with E-state index in [4.69, 9.17) is 10.5 Å². The highest BCUT2D eigenvalue weighted by molar-refractivity contribution is 8.13. The highest BCUT2D eigenvalue weighted by Crippen LogP contribution is 2.44. The van der Waals surface area contributed by atoms with Crippen LogP contribution in [-0.4, -0.2) is 68.2 Å². The van der Waals surface area contributed by atoms with Gasteiger partial charge in [-0.2, -0.15) is 0 Å². The summed E-state index contributed by atoms with van der Waals surface area (Å²) in [5.41, 5.74) is 10.2. The average molecular weight is 667 g/mol. The second kappa shape index (κ2) is 16.4. The normalized spacial score (nSPS) is 13.6. The van der Waals surface area contributed by atoms with E-state index < -0.39 is 40.0 Å². The van der Waals surface area contributed by atoms with E-state index in [1.807, 2.05) is 78.9 Å². The maximum absolute atomic E-state index is 13.3. The third-order valence-corrected chi connectivity index (χ3v) is 9.97. The Balaban J connectivity index is 1.31. The molecule has 0 aliphatic heterocycles. The van der Waals surface area contributed by atoms with Crippen molar-refractivity contribution in [1.29, 1.82) is 0 Å². The summed E-state index contributed by atoms with van der Waals surface area (Å²) in [5, 5.41) is 4.97. The van der Waals surface area contributed by atoms with Crippen molar-refractivity contribution in [2.45, 2.75) is 44.2 Å². The lowest BCUT2D eigenvalue weighted by molar-refractivity contribution is -0.126. The fourth-order valence-corrected chi connectivity index (χ4v) is 7.12. The third-order valence-electron chi connectivity index (χ3n) is 7.45. The first kappa shape index (κ1) is 34.7. The van der Waals surface area contributed by atoms with Crippen LogP contribution in [0.2, 0.25) is 0 Å².